The highest BCUT2D eigenvalue weighted by Crippen LogP contribution is 2.64. The minimum atomic E-state index is -0.863. The quantitative estimate of drug-likeness (QED) is 0.754. The molecule has 2 aliphatic carbocycles. The third kappa shape index (κ3) is 3.43. The Morgan fingerprint density at radius 2 is 2.04 bits per heavy atom. The third-order valence-electron chi connectivity index (χ3n) is 7.67. The van der Waals surface area contributed by atoms with Crippen LogP contribution in [0.5, 0.6) is 0 Å². The number of ether oxygens (including phenoxy) is 2. The predicted octanol–water partition coefficient (Wildman–Crippen LogP) is 3.79. The maximum absolute atomic E-state index is 12.0. The van der Waals surface area contributed by atoms with E-state index in [4.69, 9.17) is 9.47 Å². The van der Waals surface area contributed by atoms with Crippen molar-refractivity contribution in [1.29, 1.82) is 0 Å². The maximum Gasteiger partial charge on any atom is 0.331 e. The van der Waals surface area contributed by atoms with E-state index in [9.17, 15) is 14.7 Å². The summed E-state index contributed by atoms with van der Waals surface area (Å²) in [7, 11) is 0. The van der Waals surface area contributed by atoms with E-state index < -0.39 is 5.60 Å². The first-order valence-corrected chi connectivity index (χ1v) is 10.3. The molecule has 0 spiro atoms. The van der Waals surface area contributed by atoms with E-state index in [2.05, 4.69) is 27.7 Å². The van der Waals surface area contributed by atoms with Gasteiger partial charge in [-0.05, 0) is 49.0 Å². The van der Waals surface area contributed by atoms with Crippen molar-refractivity contribution in [2.75, 3.05) is 6.61 Å². The minimum Gasteiger partial charge on any atom is -0.462 e. The van der Waals surface area contributed by atoms with Gasteiger partial charge in [-0.15, -0.1) is 0 Å². The summed E-state index contributed by atoms with van der Waals surface area (Å²) in [6, 6.07) is 0. The van der Waals surface area contributed by atoms with Crippen LogP contribution in [-0.2, 0) is 19.1 Å². The van der Waals surface area contributed by atoms with Crippen molar-refractivity contribution in [3.63, 3.8) is 0 Å². The van der Waals surface area contributed by atoms with E-state index in [-0.39, 0.29) is 40.7 Å². The van der Waals surface area contributed by atoms with Crippen LogP contribution in [0.1, 0.15) is 73.1 Å². The molecular formula is C22H34O5. The van der Waals surface area contributed by atoms with Crippen molar-refractivity contribution in [2.45, 2.75) is 84.8 Å². The van der Waals surface area contributed by atoms with E-state index in [1.807, 2.05) is 0 Å². The molecule has 0 aromatic rings. The van der Waals surface area contributed by atoms with Gasteiger partial charge in [-0.3, -0.25) is 4.79 Å². The van der Waals surface area contributed by atoms with E-state index in [1.54, 1.807) is 6.08 Å². The zero-order valence-corrected chi connectivity index (χ0v) is 17.3. The van der Waals surface area contributed by atoms with Gasteiger partial charge in [0.25, 0.3) is 0 Å². The maximum atomic E-state index is 12.0. The third-order valence-corrected chi connectivity index (χ3v) is 7.67. The molecule has 1 aliphatic heterocycles. The molecule has 1 N–H and O–H groups in total. The van der Waals surface area contributed by atoms with Gasteiger partial charge in [0.1, 0.15) is 12.7 Å². The lowest BCUT2D eigenvalue weighted by molar-refractivity contribution is -0.249. The van der Waals surface area contributed by atoms with Gasteiger partial charge < -0.3 is 14.6 Å². The Balaban J connectivity index is 1.93. The zero-order valence-electron chi connectivity index (χ0n) is 17.3. The van der Waals surface area contributed by atoms with Gasteiger partial charge in [-0.1, -0.05) is 34.1 Å². The second-order valence-electron chi connectivity index (χ2n) is 9.86. The van der Waals surface area contributed by atoms with Gasteiger partial charge in [0.15, 0.2) is 0 Å². The molecule has 27 heavy (non-hydrogen) atoms. The predicted molar refractivity (Wildman–Crippen MR) is 102 cm³/mol. The fraction of sp³-hybridized carbons (Fsp3) is 0.818. The number of cyclic esters (lactones) is 1. The van der Waals surface area contributed by atoms with Crippen molar-refractivity contribution in [1.82, 2.24) is 0 Å². The molecule has 5 nitrogen and oxygen atoms in total. The number of fused-ring (bicyclic) bond motifs is 1. The average molecular weight is 379 g/mol. The summed E-state index contributed by atoms with van der Waals surface area (Å²) in [5, 5.41) is 12.0. The molecule has 0 bridgehead atoms. The highest BCUT2D eigenvalue weighted by molar-refractivity contribution is 5.85. The first-order valence-electron chi connectivity index (χ1n) is 10.3. The molecule has 3 aliphatic rings. The number of rotatable bonds is 4. The second-order valence-corrected chi connectivity index (χ2v) is 9.86. The van der Waals surface area contributed by atoms with Gasteiger partial charge in [0.05, 0.1) is 5.60 Å². The van der Waals surface area contributed by atoms with Gasteiger partial charge in [0.2, 0.25) is 0 Å². The van der Waals surface area contributed by atoms with Crippen LogP contribution in [0.4, 0.5) is 0 Å². The lowest BCUT2D eigenvalue weighted by Gasteiger charge is -2.64. The molecule has 5 heteroatoms. The molecule has 3 unspecified atom stereocenters. The van der Waals surface area contributed by atoms with Crippen molar-refractivity contribution < 1.29 is 24.2 Å². The van der Waals surface area contributed by atoms with E-state index >= 15 is 0 Å². The fourth-order valence-corrected chi connectivity index (χ4v) is 6.50. The molecule has 0 aromatic heterocycles. The van der Waals surface area contributed by atoms with Crippen LogP contribution in [0.15, 0.2) is 11.6 Å². The average Bonchev–Trinajstić information content (AvgIpc) is 2.95. The SMILES string of the molecule is CC(=O)OC1CC(C)[C@](O)(CCC2=CC(=O)OC2)[C@@]2(C)CCCC(C)(C)C12. The molecular weight excluding hydrogens is 344 g/mol. The topological polar surface area (TPSA) is 72.8 Å². The Kier molecular flexibility index (Phi) is 5.21. The van der Waals surface area contributed by atoms with E-state index in [0.29, 0.717) is 25.9 Å². The summed E-state index contributed by atoms with van der Waals surface area (Å²) in [5.74, 6) is -0.408. The van der Waals surface area contributed by atoms with Crippen molar-refractivity contribution in [3.8, 4) is 0 Å². The number of aliphatic hydroxyl groups is 1. The van der Waals surface area contributed by atoms with Crippen LogP contribution in [0.3, 0.4) is 0 Å². The normalized spacial score (nSPS) is 40.7. The Morgan fingerprint density at radius 3 is 2.63 bits per heavy atom. The summed E-state index contributed by atoms with van der Waals surface area (Å²) in [4.78, 5) is 23.1. The van der Waals surface area contributed by atoms with Gasteiger partial charge in [0, 0.05) is 24.3 Å². The molecule has 0 aromatic carbocycles. The van der Waals surface area contributed by atoms with E-state index in [0.717, 1.165) is 24.8 Å². The van der Waals surface area contributed by atoms with E-state index in [1.165, 1.54) is 6.92 Å². The highest BCUT2D eigenvalue weighted by atomic mass is 16.5. The molecule has 3 rings (SSSR count). The van der Waals surface area contributed by atoms with Crippen LogP contribution in [0, 0.1) is 22.7 Å². The Bertz CT molecular complexity index is 651. The smallest absolute Gasteiger partial charge is 0.331 e. The Labute approximate surface area is 162 Å². The molecule has 1 heterocycles. The van der Waals surface area contributed by atoms with Crippen LogP contribution >= 0.6 is 0 Å². The number of hydrogen-bond acceptors (Lipinski definition) is 5. The molecule has 0 radical (unpaired) electrons. The molecule has 152 valence electrons. The highest BCUT2D eigenvalue weighted by Gasteiger charge is 2.64. The summed E-state index contributed by atoms with van der Waals surface area (Å²) < 4.78 is 10.8. The standard InChI is InChI=1S/C22H34O5/c1-14-11-17(27-15(2)23)19-20(3,4)8-6-9-21(19,5)22(14,25)10-7-16-12-18(24)26-13-16/h12,14,17,19,25H,6-11,13H2,1-5H3/t14?,17?,19?,21-,22+/m0/s1. The lowest BCUT2D eigenvalue weighted by atomic mass is 9.43. The van der Waals surface area contributed by atoms with Crippen LogP contribution in [0.2, 0.25) is 0 Å². The molecule has 2 saturated carbocycles. The van der Waals surface area contributed by atoms with Crippen molar-refractivity contribution >= 4 is 11.9 Å². The van der Waals surface area contributed by atoms with Crippen molar-refractivity contribution in [3.05, 3.63) is 11.6 Å². The first kappa shape index (κ1) is 20.4. The minimum absolute atomic E-state index is 0.00700. The van der Waals surface area contributed by atoms with Crippen LogP contribution < -0.4 is 0 Å². The largest absolute Gasteiger partial charge is 0.462 e. The second kappa shape index (κ2) is 6.91. The molecule has 0 saturated heterocycles. The van der Waals surface area contributed by atoms with Crippen LogP contribution in [-0.4, -0.2) is 35.4 Å². The van der Waals surface area contributed by atoms with Crippen LogP contribution in [0.25, 0.3) is 0 Å². The number of hydrogen-bond donors (Lipinski definition) is 1. The number of esters is 2. The number of carbonyl (C=O) groups is 2. The lowest BCUT2D eigenvalue weighted by Crippen LogP contribution is -2.66. The Morgan fingerprint density at radius 1 is 1.33 bits per heavy atom. The Hall–Kier alpha value is -1.36. The van der Waals surface area contributed by atoms with Crippen molar-refractivity contribution in [2.24, 2.45) is 22.7 Å². The van der Waals surface area contributed by atoms with Gasteiger partial charge >= 0.3 is 11.9 Å². The summed E-state index contributed by atoms with van der Waals surface area (Å²) in [6.45, 7) is 10.6. The molecule has 2 fully saturated rings. The summed E-state index contributed by atoms with van der Waals surface area (Å²) in [5.41, 5.74) is -0.250. The number of carbonyl (C=O) groups excluding carboxylic acids is 2. The fourth-order valence-electron chi connectivity index (χ4n) is 6.50. The summed E-state index contributed by atoms with van der Waals surface area (Å²) in [6.07, 6.45) is 6.40. The summed E-state index contributed by atoms with van der Waals surface area (Å²) >= 11 is 0. The molecule has 0 amide bonds. The van der Waals surface area contributed by atoms with Gasteiger partial charge in [-0.25, -0.2) is 4.79 Å². The molecule has 5 atom stereocenters. The monoisotopic (exact) mass is 378 g/mol. The zero-order chi connectivity index (χ0) is 20.0. The van der Waals surface area contributed by atoms with Gasteiger partial charge in [-0.2, -0.15) is 0 Å². The first-order chi connectivity index (χ1) is 12.5.